The molecule has 0 spiro atoms. The highest BCUT2D eigenvalue weighted by molar-refractivity contribution is 5.74. The van der Waals surface area contributed by atoms with Gasteiger partial charge in [0.25, 0.3) is 0 Å². The second-order valence-electron chi connectivity index (χ2n) is 6.15. The van der Waals surface area contributed by atoms with Crippen LogP contribution in [0.15, 0.2) is 18.2 Å². The standard InChI is InChI=1S/C16H20F2N2O2/c1-9(10-2-4-12(17)13(18)6-10)8-19-16(21)20-14-7-11-3-5-15(14)22-11/h2,4,6,9,11,14-15H,3,5,7-8H2,1H3,(H2,19,20,21)/t9-,11-,14+,15-/m1/s1. The largest absolute Gasteiger partial charge is 0.373 e. The van der Waals surface area contributed by atoms with E-state index < -0.39 is 11.6 Å². The number of amides is 2. The molecule has 6 heteroatoms. The van der Waals surface area contributed by atoms with Crippen molar-refractivity contribution in [1.29, 1.82) is 0 Å². The number of halogens is 2. The molecule has 0 saturated carbocycles. The zero-order valence-electron chi connectivity index (χ0n) is 12.4. The van der Waals surface area contributed by atoms with Crippen molar-refractivity contribution in [2.24, 2.45) is 0 Å². The minimum Gasteiger partial charge on any atom is -0.373 e. The van der Waals surface area contributed by atoms with Crippen LogP contribution in [0.1, 0.15) is 37.7 Å². The number of hydrogen-bond donors (Lipinski definition) is 2. The maximum atomic E-state index is 13.2. The van der Waals surface area contributed by atoms with Gasteiger partial charge in [-0.05, 0) is 42.9 Å². The third-order valence-corrected chi connectivity index (χ3v) is 4.50. The van der Waals surface area contributed by atoms with E-state index in [9.17, 15) is 13.6 Å². The molecule has 0 radical (unpaired) electrons. The van der Waals surface area contributed by atoms with Crippen LogP contribution < -0.4 is 10.6 Å². The van der Waals surface area contributed by atoms with Gasteiger partial charge in [-0.25, -0.2) is 13.6 Å². The van der Waals surface area contributed by atoms with Crippen LogP contribution in [0, 0.1) is 11.6 Å². The lowest BCUT2D eigenvalue weighted by molar-refractivity contribution is 0.0981. The third-order valence-electron chi connectivity index (χ3n) is 4.50. The van der Waals surface area contributed by atoms with Crippen LogP contribution in [0.25, 0.3) is 0 Å². The quantitative estimate of drug-likeness (QED) is 0.898. The Balaban J connectivity index is 1.47. The number of rotatable bonds is 4. The lowest BCUT2D eigenvalue weighted by Gasteiger charge is -2.21. The monoisotopic (exact) mass is 310 g/mol. The van der Waals surface area contributed by atoms with Crippen LogP contribution in [-0.4, -0.2) is 30.8 Å². The molecule has 4 nitrogen and oxygen atoms in total. The van der Waals surface area contributed by atoms with Gasteiger partial charge in [0.15, 0.2) is 11.6 Å². The molecule has 2 heterocycles. The summed E-state index contributed by atoms with van der Waals surface area (Å²) in [6.45, 7) is 2.21. The van der Waals surface area contributed by atoms with Crippen molar-refractivity contribution in [3.8, 4) is 0 Å². The van der Waals surface area contributed by atoms with Crippen molar-refractivity contribution in [3.05, 3.63) is 35.4 Å². The number of benzene rings is 1. The Morgan fingerprint density at radius 3 is 2.82 bits per heavy atom. The van der Waals surface area contributed by atoms with Gasteiger partial charge in [0, 0.05) is 6.54 Å². The summed E-state index contributed by atoms with van der Waals surface area (Å²) < 4.78 is 31.8. The number of ether oxygens (including phenoxy) is 1. The molecule has 1 aromatic rings. The summed E-state index contributed by atoms with van der Waals surface area (Å²) in [7, 11) is 0. The fourth-order valence-electron chi connectivity index (χ4n) is 3.19. The Morgan fingerprint density at radius 2 is 2.18 bits per heavy atom. The third kappa shape index (κ3) is 3.21. The second kappa shape index (κ2) is 6.20. The molecule has 2 N–H and O–H groups in total. The zero-order valence-corrected chi connectivity index (χ0v) is 12.4. The number of carbonyl (C=O) groups excluding carboxylic acids is 1. The van der Waals surface area contributed by atoms with E-state index in [1.807, 2.05) is 6.92 Å². The Morgan fingerprint density at radius 1 is 1.36 bits per heavy atom. The van der Waals surface area contributed by atoms with Gasteiger partial charge in [0.2, 0.25) is 0 Å². The highest BCUT2D eigenvalue weighted by Gasteiger charge is 2.41. The summed E-state index contributed by atoms with van der Waals surface area (Å²) in [4.78, 5) is 11.9. The van der Waals surface area contributed by atoms with E-state index in [1.54, 1.807) is 0 Å². The molecule has 3 rings (SSSR count). The average molecular weight is 310 g/mol. The zero-order chi connectivity index (χ0) is 15.7. The van der Waals surface area contributed by atoms with Gasteiger partial charge in [-0.3, -0.25) is 0 Å². The first-order valence-electron chi connectivity index (χ1n) is 7.67. The summed E-state index contributed by atoms with van der Waals surface area (Å²) in [6.07, 6.45) is 3.38. The van der Waals surface area contributed by atoms with Crippen molar-refractivity contribution >= 4 is 6.03 Å². The first-order valence-corrected chi connectivity index (χ1v) is 7.67. The highest BCUT2D eigenvalue weighted by atomic mass is 19.2. The lowest BCUT2D eigenvalue weighted by Crippen LogP contribution is -2.47. The minimum absolute atomic E-state index is 0.0809. The van der Waals surface area contributed by atoms with Gasteiger partial charge in [0.1, 0.15) is 0 Å². The summed E-state index contributed by atoms with van der Waals surface area (Å²) in [6, 6.07) is 3.65. The van der Waals surface area contributed by atoms with Crippen LogP contribution in [0.4, 0.5) is 13.6 Å². The van der Waals surface area contributed by atoms with E-state index in [0.717, 1.165) is 25.3 Å². The molecule has 22 heavy (non-hydrogen) atoms. The van der Waals surface area contributed by atoms with E-state index in [0.29, 0.717) is 12.1 Å². The molecule has 0 aliphatic carbocycles. The van der Waals surface area contributed by atoms with Gasteiger partial charge in [-0.1, -0.05) is 13.0 Å². The maximum Gasteiger partial charge on any atom is 0.315 e. The fourth-order valence-corrected chi connectivity index (χ4v) is 3.19. The van der Waals surface area contributed by atoms with E-state index >= 15 is 0 Å². The normalized spacial score (nSPS) is 27.7. The predicted octanol–water partition coefficient (Wildman–Crippen LogP) is 2.69. The van der Waals surface area contributed by atoms with Crippen LogP contribution in [0.2, 0.25) is 0 Å². The second-order valence-corrected chi connectivity index (χ2v) is 6.15. The van der Waals surface area contributed by atoms with E-state index in [-0.39, 0.29) is 30.2 Å². The van der Waals surface area contributed by atoms with Crippen LogP contribution in [0.5, 0.6) is 0 Å². The molecule has 2 amide bonds. The van der Waals surface area contributed by atoms with Crippen molar-refractivity contribution in [2.75, 3.05) is 6.54 Å². The maximum absolute atomic E-state index is 13.2. The van der Waals surface area contributed by atoms with Crippen molar-refractivity contribution < 1.29 is 18.3 Å². The average Bonchev–Trinajstić information content (AvgIpc) is 3.10. The predicted molar refractivity (Wildman–Crippen MR) is 77.6 cm³/mol. The van der Waals surface area contributed by atoms with Crippen molar-refractivity contribution in [3.63, 3.8) is 0 Å². The van der Waals surface area contributed by atoms with Gasteiger partial charge < -0.3 is 15.4 Å². The van der Waals surface area contributed by atoms with E-state index in [2.05, 4.69) is 10.6 Å². The molecule has 1 aromatic carbocycles. The first-order chi connectivity index (χ1) is 10.5. The van der Waals surface area contributed by atoms with Gasteiger partial charge in [-0.15, -0.1) is 0 Å². The molecule has 2 fully saturated rings. The van der Waals surface area contributed by atoms with E-state index in [4.69, 9.17) is 4.74 Å². The number of fused-ring (bicyclic) bond motifs is 2. The molecule has 2 aliphatic heterocycles. The number of hydrogen-bond acceptors (Lipinski definition) is 2. The molecule has 2 aliphatic rings. The number of urea groups is 1. The van der Waals surface area contributed by atoms with Crippen molar-refractivity contribution in [1.82, 2.24) is 10.6 Å². The Labute approximate surface area is 128 Å². The summed E-state index contributed by atoms with van der Waals surface area (Å²) in [5.41, 5.74) is 0.655. The molecular formula is C16H20F2N2O2. The lowest BCUT2D eigenvalue weighted by atomic mass is 9.96. The molecule has 0 unspecified atom stereocenters. The fraction of sp³-hybridized carbons (Fsp3) is 0.562. The Kier molecular flexibility index (Phi) is 4.29. The topological polar surface area (TPSA) is 50.4 Å². The van der Waals surface area contributed by atoms with Crippen molar-refractivity contribution in [2.45, 2.75) is 50.4 Å². The van der Waals surface area contributed by atoms with Crippen LogP contribution in [-0.2, 0) is 4.74 Å². The van der Waals surface area contributed by atoms with Gasteiger partial charge in [0.05, 0.1) is 18.2 Å². The first kappa shape index (κ1) is 15.2. The molecular weight excluding hydrogens is 290 g/mol. The van der Waals surface area contributed by atoms with E-state index in [1.165, 1.54) is 12.1 Å². The van der Waals surface area contributed by atoms with Gasteiger partial charge in [-0.2, -0.15) is 0 Å². The molecule has 2 saturated heterocycles. The van der Waals surface area contributed by atoms with Gasteiger partial charge >= 0.3 is 6.03 Å². The molecule has 2 bridgehead atoms. The minimum atomic E-state index is -0.868. The molecule has 120 valence electrons. The summed E-state index contributed by atoms with van der Waals surface area (Å²) >= 11 is 0. The van der Waals surface area contributed by atoms with Crippen LogP contribution in [0.3, 0.4) is 0 Å². The number of nitrogens with one attached hydrogen (secondary N) is 2. The Hall–Kier alpha value is -1.69. The molecule has 0 aromatic heterocycles. The number of carbonyl (C=O) groups is 1. The summed E-state index contributed by atoms with van der Waals surface area (Å²) in [5, 5.41) is 5.71. The Bertz CT molecular complexity index is 567. The summed E-state index contributed by atoms with van der Waals surface area (Å²) in [5.74, 6) is -1.83. The van der Waals surface area contributed by atoms with Crippen LogP contribution >= 0.6 is 0 Å². The smallest absolute Gasteiger partial charge is 0.315 e. The molecule has 4 atom stereocenters. The highest BCUT2D eigenvalue weighted by Crippen LogP contribution is 2.34. The SMILES string of the molecule is C[C@H](CNC(=O)N[C@H]1C[C@H]2CC[C@H]1O2)c1ccc(F)c(F)c1.